The van der Waals surface area contributed by atoms with Crippen molar-refractivity contribution in [3.63, 3.8) is 0 Å². The van der Waals surface area contributed by atoms with Crippen molar-refractivity contribution in [2.24, 2.45) is 33.7 Å². The Hall–Kier alpha value is -2.81. The Balaban J connectivity index is 1.36. The molecule has 3 fully saturated rings. The van der Waals surface area contributed by atoms with Gasteiger partial charge in [-0.2, -0.15) is 5.10 Å². The highest BCUT2D eigenvalue weighted by Gasteiger charge is 2.58. The van der Waals surface area contributed by atoms with E-state index < -0.39 is 9.85 Å². The third-order valence-electron chi connectivity index (χ3n) is 9.64. The molecule has 0 radical (unpaired) electrons. The fourth-order valence-electron chi connectivity index (χ4n) is 7.64. The average Bonchev–Trinajstić information content (AvgIpc) is 3.11. The first-order valence-corrected chi connectivity index (χ1v) is 12.3. The lowest BCUT2D eigenvalue weighted by atomic mass is 9.47. The Labute approximate surface area is 198 Å². The van der Waals surface area contributed by atoms with Gasteiger partial charge in [-0.05, 0) is 92.1 Å². The Morgan fingerprint density at radius 3 is 2.56 bits per heavy atom. The van der Waals surface area contributed by atoms with Crippen LogP contribution >= 0.6 is 0 Å². The Morgan fingerprint density at radius 1 is 1.03 bits per heavy atom. The highest BCUT2D eigenvalue weighted by molar-refractivity contribution is 5.97. The second-order valence-corrected chi connectivity index (χ2v) is 11.1. The van der Waals surface area contributed by atoms with E-state index in [4.69, 9.17) is 0 Å². The van der Waals surface area contributed by atoms with Crippen LogP contribution in [0.5, 0.6) is 0 Å². The molecule has 0 aliphatic heterocycles. The molecule has 9 nitrogen and oxygen atoms in total. The first-order chi connectivity index (χ1) is 16.1. The third-order valence-corrected chi connectivity index (χ3v) is 9.64. The molecular weight excluding hydrogens is 436 g/mol. The van der Waals surface area contributed by atoms with Crippen molar-refractivity contribution in [3.8, 4) is 0 Å². The molecule has 0 heterocycles. The molecule has 34 heavy (non-hydrogen) atoms. The molecule has 1 aromatic rings. The van der Waals surface area contributed by atoms with Crippen molar-refractivity contribution in [2.75, 3.05) is 5.43 Å². The van der Waals surface area contributed by atoms with Crippen LogP contribution in [0.15, 0.2) is 34.9 Å². The van der Waals surface area contributed by atoms with Crippen LogP contribution in [0.3, 0.4) is 0 Å². The number of aliphatic hydroxyl groups is 1. The molecule has 6 unspecified atom stereocenters. The zero-order chi connectivity index (χ0) is 24.3. The van der Waals surface area contributed by atoms with E-state index in [1.807, 2.05) is 0 Å². The van der Waals surface area contributed by atoms with Gasteiger partial charge in [0.15, 0.2) is 0 Å². The summed E-state index contributed by atoms with van der Waals surface area (Å²) in [6, 6.07) is 3.53. The number of anilines is 1. The van der Waals surface area contributed by atoms with E-state index in [-0.39, 0.29) is 34.0 Å². The number of hydrogen-bond donors (Lipinski definition) is 2. The summed E-state index contributed by atoms with van der Waals surface area (Å²) in [4.78, 5) is 21.1. The summed E-state index contributed by atoms with van der Waals surface area (Å²) in [6.07, 6.45) is 10.3. The molecule has 4 aliphatic rings. The van der Waals surface area contributed by atoms with E-state index in [9.17, 15) is 25.3 Å². The number of benzene rings is 1. The number of nitro groups is 2. The van der Waals surface area contributed by atoms with Gasteiger partial charge in [0.25, 0.3) is 5.69 Å². The summed E-state index contributed by atoms with van der Waals surface area (Å²) in [5.41, 5.74) is 4.72. The minimum absolute atomic E-state index is 0.0728. The smallest absolute Gasteiger partial charge is 0.301 e. The van der Waals surface area contributed by atoms with E-state index in [0.29, 0.717) is 17.8 Å². The van der Waals surface area contributed by atoms with Crippen LogP contribution in [0.1, 0.15) is 65.2 Å². The van der Waals surface area contributed by atoms with Crippen molar-refractivity contribution in [3.05, 3.63) is 50.1 Å². The number of allylic oxidation sites excluding steroid dienone is 2. The Kier molecular flexibility index (Phi) is 5.50. The Bertz CT molecular complexity index is 1100. The molecule has 4 aliphatic carbocycles. The van der Waals surface area contributed by atoms with Gasteiger partial charge in [0, 0.05) is 6.07 Å². The van der Waals surface area contributed by atoms with Crippen LogP contribution in [0, 0.1) is 48.8 Å². The first-order valence-electron chi connectivity index (χ1n) is 12.3. The number of nitro benzene ring substituents is 2. The molecule has 2 N–H and O–H groups in total. The van der Waals surface area contributed by atoms with Gasteiger partial charge in [-0.25, -0.2) is 0 Å². The summed E-state index contributed by atoms with van der Waals surface area (Å²) < 4.78 is 0. The number of nitrogens with one attached hydrogen (secondary N) is 1. The predicted molar refractivity (Wildman–Crippen MR) is 129 cm³/mol. The zero-order valence-electron chi connectivity index (χ0n) is 19.7. The minimum atomic E-state index is -0.647. The second kappa shape index (κ2) is 8.15. The van der Waals surface area contributed by atoms with E-state index in [1.165, 1.54) is 17.7 Å². The van der Waals surface area contributed by atoms with Gasteiger partial charge in [-0.15, -0.1) is 0 Å². The van der Waals surface area contributed by atoms with Gasteiger partial charge in [-0.1, -0.05) is 19.4 Å². The van der Waals surface area contributed by atoms with E-state index in [0.717, 1.165) is 63.1 Å². The quantitative estimate of drug-likeness (QED) is 0.437. The number of nitrogens with zero attached hydrogens (tertiary/aromatic N) is 3. The fraction of sp³-hybridized carbons (Fsp3) is 0.640. The monoisotopic (exact) mass is 468 g/mol. The fourth-order valence-corrected chi connectivity index (χ4v) is 7.64. The average molecular weight is 469 g/mol. The molecule has 3 saturated carbocycles. The van der Waals surface area contributed by atoms with Gasteiger partial charge in [0.05, 0.1) is 27.7 Å². The van der Waals surface area contributed by atoms with Gasteiger partial charge in [0.1, 0.15) is 5.69 Å². The standard InChI is InChI=1S/C25H32N4O5/c1-24-11-9-16(26-27-21-7-4-17(28(31)32)14-22(21)29(33)34)13-15(24)3-5-18-19-6-8-23(30)25(19,2)12-10-20(18)24/h4,7,13-14,18-20,23,27,30H,3,5-6,8-12H2,1-2H3/b26-16-. The molecule has 9 heteroatoms. The van der Waals surface area contributed by atoms with Crippen LogP contribution in [-0.2, 0) is 0 Å². The number of non-ortho nitro benzene ring substituents is 1. The topological polar surface area (TPSA) is 131 Å². The first kappa shape index (κ1) is 23.0. The summed E-state index contributed by atoms with van der Waals surface area (Å²) >= 11 is 0. The third kappa shape index (κ3) is 3.52. The van der Waals surface area contributed by atoms with Crippen molar-refractivity contribution < 1.29 is 15.0 Å². The zero-order valence-corrected chi connectivity index (χ0v) is 19.7. The van der Waals surface area contributed by atoms with E-state index in [2.05, 4.69) is 30.5 Å². The number of aliphatic hydroxyl groups excluding tert-OH is 1. The molecule has 6 atom stereocenters. The summed E-state index contributed by atoms with van der Waals surface area (Å²) in [6.45, 7) is 4.70. The Morgan fingerprint density at radius 2 is 1.82 bits per heavy atom. The normalized spacial score (nSPS) is 37.9. The summed E-state index contributed by atoms with van der Waals surface area (Å²) in [5, 5.41) is 37.5. The van der Waals surface area contributed by atoms with Crippen LogP contribution < -0.4 is 5.43 Å². The molecule has 0 aromatic heterocycles. The summed E-state index contributed by atoms with van der Waals surface area (Å²) in [5.74, 6) is 1.90. The maximum Gasteiger partial charge on any atom is 0.301 e. The SMILES string of the molecule is CC12CC/C(=N/Nc3ccc([N+](=O)[O-])cc3[N+](=O)[O-])C=C1CCC1C2CCC2(C)C(O)CCC12. The lowest BCUT2D eigenvalue weighted by Gasteiger charge is -2.57. The lowest BCUT2D eigenvalue weighted by molar-refractivity contribution is -0.393. The number of hydrazone groups is 1. The van der Waals surface area contributed by atoms with Crippen molar-refractivity contribution in [1.82, 2.24) is 0 Å². The van der Waals surface area contributed by atoms with Gasteiger partial charge < -0.3 is 5.11 Å². The molecule has 0 spiro atoms. The van der Waals surface area contributed by atoms with Gasteiger partial charge in [-0.3, -0.25) is 25.7 Å². The van der Waals surface area contributed by atoms with Crippen LogP contribution in [0.4, 0.5) is 17.1 Å². The van der Waals surface area contributed by atoms with Crippen LogP contribution in [0.25, 0.3) is 0 Å². The van der Waals surface area contributed by atoms with Crippen LogP contribution in [0.2, 0.25) is 0 Å². The molecule has 0 bridgehead atoms. The van der Waals surface area contributed by atoms with Crippen molar-refractivity contribution in [2.45, 2.75) is 71.3 Å². The second-order valence-electron chi connectivity index (χ2n) is 11.1. The largest absolute Gasteiger partial charge is 0.393 e. The minimum Gasteiger partial charge on any atom is -0.393 e. The number of rotatable bonds is 4. The molecule has 182 valence electrons. The molecule has 1 aromatic carbocycles. The van der Waals surface area contributed by atoms with Gasteiger partial charge >= 0.3 is 5.69 Å². The summed E-state index contributed by atoms with van der Waals surface area (Å²) in [7, 11) is 0. The molecule has 0 saturated heterocycles. The van der Waals surface area contributed by atoms with Gasteiger partial charge in [0.2, 0.25) is 0 Å². The van der Waals surface area contributed by atoms with Crippen LogP contribution in [-0.4, -0.2) is 26.8 Å². The number of fused-ring (bicyclic) bond motifs is 5. The van der Waals surface area contributed by atoms with Crippen molar-refractivity contribution >= 4 is 22.8 Å². The lowest BCUT2D eigenvalue weighted by Crippen LogP contribution is -2.51. The highest BCUT2D eigenvalue weighted by atomic mass is 16.6. The maximum atomic E-state index is 11.4. The maximum absolute atomic E-state index is 11.4. The highest BCUT2D eigenvalue weighted by Crippen LogP contribution is 2.65. The van der Waals surface area contributed by atoms with E-state index >= 15 is 0 Å². The van der Waals surface area contributed by atoms with E-state index in [1.54, 1.807) is 0 Å². The van der Waals surface area contributed by atoms with Crippen molar-refractivity contribution in [1.29, 1.82) is 0 Å². The predicted octanol–water partition coefficient (Wildman–Crippen LogP) is 5.59. The number of hydrogen-bond acceptors (Lipinski definition) is 7. The molecule has 0 amide bonds. The molecular formula is C25H32N4O5. The molecule has 5 rings (SSSR count).